The van der Waals surface area contributed by atoms with Crippen LogP contribution in [0.5, 0.6) is 0 Å². The molecule has 6 rings (SSSR count). The van der Waals surface area contributed by atoms with Crippen LogP contribution in [0.25, 0.3) is 10.9 Å². The molecule has 0 bridgehead atoms. The molecule has 1 spiro atoms. The summed E-state index contributed by atoms with van der Waals surface area (Å²) in [4.78, 5) is 23.6. The zero-order valence-electron chi connectivity index (χ0n) is 17.4. The lowest BCUT2D eigenvalue weighted by molar-refractivity contribution is -0.125. The zero-order chi connectivity index (χ0) is 21.9. The van der Waals surface area contributed by atoms with Gasteiger partial charge in [-0.25, -0.2) is 14.6 Å². The fourth-order valence-corrected chi connectivity index (χ4v) is 5.21. The van der Waals surface area contributed by atoms with Crippen LogP contribution in [0.15, 0.2) is 24.5 Å². The molecule has 3 aromatic rings. The van der Waals surface area contributed by atoms with Crippen LogP contribution in [0.2, 0.25) is 10.2 Å². The molecule has 166 valence electrons. The van der Waals surface area contributed by atoms with E-state index in [4.69, 9.17) is 27.9 Å². The van der Waals surface area contributed by atoms with E-state index in [9.17, 15) is 4.79 Å². The molecule has 0 radical (unpaired) electrons. The summed E-state index contributed by atoms with van der Waals surface area (Å²) in [5, 5.41) is 9.63. The van der Waals surface area contributed by atoms with E-state index < -0.39 is 0 Å². The Hall–Kier alpha value is -2.42. The second kappa shape index (κ2) is 7.57. The van der Waals surface area contributed by atoms with Crippen LogP contribution in [0, 0.1) is 5.41 Å². The van der Waals surface area contributed by atoms with E-state index in [0.717, 1.165) is 55.4 Å². The van der Waals surface area contributed by atoms with Crippen LogP contribution >= 0.6 is 23.2 Å². The number of fused-ring (bicyclic) bond motifs is 1. The number of halogens is 2. The maximum Gasteiger partial charge on any atom is 0.227 e. The summed E-state index contributed by atoms with van der Waals surface area (Å²) in [7, 11) is 0. The SMILES string of the molecule is O=C1COCC12CCN(c1cc3nc(Nc4cnn(C5CC5)c4Cl)ncc3cc1Cl)CC2. The molecule has 1 aromatic carbocycles. The van der Waals surface area contributed by atoms with Gasteiger partial charge in [0.1, 0.15) is 6.61 Å². The molecule has 10 heteroatoms. The second-order valence-corrected chi connectivity index (χ2v) is 9.65. The Kier molecular flexibility index (Phi) is 4.78. The van der Waals surface area contributed by atoms with Crippen molar-refractivity contribution in [3.63, 3.8) is 0 Å². The van der Waals surface area contributed by atoms with Gasteiger partial charge in [0.15, 0.2) is 10.9 Å². The minimum atomic E-state index is -0.316. The third-order valence-corrected chi connectivity index (χ3v) is 7.47. The second-order valence-electron chi connectivity index (χ2n) is 8.89. The smallest absolute Gasteiger partial charge is 0.227 e. The Morgan fingerprint density at radius 2 is 1.97 bits per heavy atom. The number of ether oxygens (including phenoxy) is 1. The van der Waals surface area contributed by atoms with Crippen LogP contribution in [0.1, 0.15) is 31.7 Å². The Labute approximate surface area is 194 Å². The molecule has 2 aromatic heterocycles. The number of carbonyl (C=O) groups is 1. The first-order chi connectivity index (χ1) is 15.5. The van der Waals surface area contributed by atoms with E-state index >= 15 is 0 Å². The molecule has 1 N–H and O–H groups in total. The lowest BCUT2D eigenvalue weighted by Crippen LogP contribution is -2.44. The number of ketones is 1. The van der Waals surface area contributed by atoms with Crippen molar-refractivity contribution < 1.29 is 9.53 Å². The van der Waals surface area contributed by atoms with Gasteiger partial charge in [-0.2, -0.15) is 5.10 Å². The third kappa shape index (κ3) is 3.41. The van der Waals surface area contributed by atoms with Gasteiger partial charge in [-0.05, 0) is 37.8 Å². The van der Waals surface area contributed by atoms with Gasteiger partial charge in [-0.15, -0.1) is 0 Å². The van der Waals surface area contributed by atoms with Gasteiger partial charge in [0.2, 0.25) is 5.95 Å². The molecule has 2 aliphatic heterocycles. The normalized spacial score (nSPS) is 20.4. The molecule has 0 amide bonds. The highest BCUT2D eigenvalue weighted by atomic mass is 35.5. The van der Waals surface area contributed by atoms with Crippen LogP contribution in [0.3, 0.4) is 0 Å². The Morgan fingerprint density at radius 1 is 1.16 bits per heavy atom. The number of hydrogen-bond donors (Lipinski definition) is 1. The van der Waals surface area contributed by atoms with Gasteiger partial charge in [0.05, 0.1) is 46.2 Å². The highest BCUT2D eigenvalue weighted by Crippen LogP contribution is 2.41. The van der Waals surface area contributed by atoms with Gasteiger partial charge in [0, 0.05) is 24.7 Å². The predicted molar refractivity (Wildman–Crippen MR) is 123 cm³/mol. The van der Waals surface area contributed by atoms with Crippen LogP contribution < -0.4 is 10.2 Å². The van der Waals surface area contributed by atoms with E-state index in [1.807, 2.05) is 16.8 Å². The summed E-state index contributed by atoms with van der Waals surface area (Å²) in [6.07, 6.45) is 7.23. The first kappa shape index (κ1) is 20.2. The zero-order valence-corrected chi connectivity index (χ0v) is 18.9. The maximum absolute atomic E-state index is 12.3. The number of rotatable bonds is 4. The number of benzene rings is 1. The molecular weight excluding hydrogens is 451 g/mol. The number of nitrogens with zero attached hydrogens (tertiary/aromatic N) is 5. The molecule has 32 heavy (non-hydrogen) atoms. The molecule has 3 fully saturated rings. The number of piperidine rings is 1. The van der Waals surface area contributed by atoms with Crippen molar-refractivity contribution in [2.24, 2.45) is 5.41 Å². The summed E-state index contributed by atoms with van der Waals surface area (Å²) in [6.45, 7) is 2.29. The topological polar surface area (TPSA) is 85.2 Å². The Morgan fingerprint density at radius 3 is 2.69 bits per heavy atom. The van der Waals surface area contributed by atoms with Crippen molar-refractivity contribution in [2.45, 2.75) is 31.7 Å². The number of aromatic nitrogens is 4. The highest BCUT2D eigenvalue weighted by Gasteiger charge is 2.45. The number of hydrogen-bond acceptors (Lipinski definition) is 7. The van der Waals surface area contributed by atoms with Gasteiger partial charge in [0.25, 0.3) is 0 Å². The number of Topliss-reactive ketones (excluding diaryl/α,β-unsaturated/α-hetero) is 1. The average Bonchev–Trinajstić information content (AvgIpc) is 3.49. The minimum Gasteiger partial charge on any atom is -0.373 e. The van der Waals surface area contributed by atoms with Crippen molar-refractivity contribution in [2.75, 3.05) is 36.5 Å². The monoisotopic (exact) mass is 472 g/mol. The minimum absolute atomic E-state index is 0.230. The summed E-state index contributed by atoms with van der Waals surface area (Å²) in [5.74, 6) is 0.684. The van der Waals surface area contributed by atoms with Gasteiger partial charge >= 0.3 is 0 Å². The molecule has 0 atom stereocenters. The molecule has 1 aliphatic carbocycles. The molecule has 2 saturated heterocycles. The van der Waals surface area contributed by atoms with Crippen LogP contribution in [-0.4, -0.2) is 51.8 Å². The van der Waals surface area contributed by atoms with Gasteiger partial charge in [-0.3, -0.25) is 4.79 Å². The first-order valence-corrected chi connectivity index (χ1v) is 11.6. The van der Waals surface area contributed by atoms with E-state index in [0.29, 0.717) is 34.5 Å². The molecule has 4 heterocycles. The van der Waals surface area contributed by atoms with Crippen molar-refractivity contribution in [3.8, 4) is 0 Å². The summed E-state index contributed by atoms with van der Waals surface area (Å²) < 4.78 is 7.27. The number of carbonyl (C=O) groups excluding carboxylic acids is 1. The summed E-state index contributed by atoms with van der Waals surface area (Å²) >= 11 is 13.1. The van der Waals surface area contributed by atoms with Gasteiger partial charge < -0.3 is 15.0 Å². The molecule has 0 unspecified atom stereocenters. The van der Waals surface area contributed by atoms with E-state index in [1.54, 1.807) is 12.4 Å². The van der Waals surface area contributed by atoms with Crippen LogP contribution in [-0.2, 0) is 9.53 Å². The van der Waals surface area contributed by atoms with Gasteiger partial charge in [-0.1, -0.05) is 23.2 Å². The average molecular weight is 473 g/mol. The standard InChI is InChI=1S/C22H22Cl2N6O2/c23-15-7-13-9-25-21(28-17-10-26-30(20(17)24)14-1-2-14)27-16(13)8-18(15)29-5-3-22(4-6-29)12-32-11-19(22)31/h7-10,14H,1-6,11-12H2,(H,25,27,28). The lowest BCUT2D eigenvalue weighted by atomic mass is 9.77. The van der Waals surface area contributed by atoms with E-state index in [2.05, 4.69) is 25.3 Å². The summed E-state index contributed by atoms with van der Waals surface area (Å²) in [5.41, 5.74) is 2.08. The third-order valence-electron chi connectivity index (χ3n) is 6.79. The van der Waals surface area contributed by atoms with E-state index in [1.165, 1.54) is 0 Å². The van der Waals surface area contributed by atoms with Crippen LogP contribution in [0.4, 0.5) is 17.3 Å². The molecule has 8 nitrogen and oxygen atoms in total. The molecule has 1 saturated carbocycles. The molecule has 3 aliphatic rings. The fourth-order valence-electron chi connectivity index (χ4n) is 4.64. The quantitative estimate of drug-likeness (QED) is 0.601. The molecular formula is C22H22Cl2N6O2. The fraction of sp³-hybridized carbons (Fsp3) is 0.455. The summed E-state index contributed by atoms with van der Waals surface area (Å²) in [6, 6.07) is 4.28. The highest BCUT2D eigenvalue weighted by molar-refractivity contribution is 6.34. The Bertz CT molecular complexity index is 1220. The Balaban J connectivity index is 1.25. The van der Waals surface area contributed by atoms with Crippen molar-refractivity contribution >= 4 is 57.2 Å². The van der Waals surface area contributed by atoms with Crippen molar-refractivity contribution in [3.05, 3.63) is 34.7 Å². The lowest BCUT2D eigenvalue weighted by Gasteiger charge is -2.38. The largest absolute Gasteiger partial charge is 0.373 e. The maximum atomic E-state index is 12.3. The van der Waals surface area contributed by atoms with Crippen molar-refractivity contribution in [1.29, 1.82) is 0 Å². The first-order valence-electron chi connectivity index (χ1n) is 10.8. The van der Waals surface area contributed by atoms with Crippen molar-refractivity contribution in [1.82, 2.24) is 19.7 Å². The number of anilines is 3. The predicted octanol–water partition coefficient (Wildman–Crippen LogP) is 4.40. The van der Waals surface area contributed by atoms with E-state index in [-0.39, 0.29) is 17.8 Å². The number of nitrogens with one attached hydrogen (secondary N) is 1.